The lowest BCUT2D eigenvalue weighted by atomic mass is 10.1. The van der Waals surface area contributed by atoms with Gasteiger partial charge in [0.15, 0.2) is 0 Å². The summed E-state index contributed by atoms with van der Waals surface area (Å²) in [6.45, 7) is 7.94. The third-order valence-corrected chi connectivity index (χ3v) is 5.01. The van der Waals surface area contributed by atoms with Gasteiger partial charge in [-0.05, 0) is 31.0 Å². The summed E-state index contributed by atoms with van der Waals surface area (Å²) in [4.78, 5) is 28.8. The second kappa shape index (κ2) is 8.35. The van der Waals surface area contributed by atoms with Crippen LogP contribution in [0, 0.1) is 13.8 Å². The number of rotatable bonds is 5. The fourth-order valence-corrected chi connectivity index (χ4v) is 3.37. The number of aromatic nitrogens is 2. The van der Waals surface area contributed by atoms with E-state index in [9.17, 15) is 9.59 Å². The van der Waals surface area contributed by atoms with E-state index in [2.05, 4.69) is 46.5 Å². The van der Waals surface area contributed by atoms with Crippen LogP contribution in [0.15, 0.2) is 30.3 Å². The Kier molecular flexibility index (Phi) is 5.91. The highest BCUT2D eigenvalue weighted by Gasteiger charge is 2.22. The van der Waals surface area contributed by atoms with Gasteiger partial charge in [0, 0.05) is 39.8 Å². The van der Waals surface area contributed by atoms with Crippen LogP contribution in [-0.2, 0) is 18.4 Å². The van der Waals surface area contributed by atoms with Crippen LogP contribution in [0.4, 0.5) is 0 Å². The molecule has 144 valence electrons. The molecule has 0 spiro atoms. The number of carbonyl (C=O) groups excluding carboxylic acids is 2. The van der Waals surface area contributed by atoms with Crippen LogP contribution in [-0.4, -0.2) is 64.1 Å². The number of aryl methyl sites for hydroxylation is 3. The van der Waals surface area contributed by atoms with Crippen molar-refractivity contribution in [2.24, 2.45) is 7.05 Å². The summed E-state index contributed by atoms with van der Waals surface area (Å²) in [6.07, 6.45) is 0. The Morgan fingerprint density at radius 1 is 1.11 bits per heavy atom. The molecular weight excluding hydrogens is 342 g/mol. The van der Waals surface area contributed by atoms with Crippen molar-refractivity contribution < 1.29 is 9.59 Å². The predicted octanol–water partition coefficient (Wildman–Crippen LogP) is 1.11. The standard InChI is InChI=1S/C20H27N5O2/c1-15-6-4-5-7-17(15)14-24-8-10-25(11-9-24)19(26)13-21-20(27)18-12-16(2)22-23(18)3/h4-7,12H,8-11,13-14H2,1-3H3,(H,21,27). The van der Waals surface area contributed by atoms with Gasteiger partial charge in [0.2, 0.25) is 5.91 Å². The van der Waals surface area contributed by atoms with Crippen LogP contribution in [0.3, 0.4) is 0 Å². The molecule has 7 heteroatoms. The molecule has 0 radical (unpaired) electrons. The molecule has 1 aliphatic heterocycles. The number of benzene rings is 1. The molecule has 1 aliphatic rings. The third kappa shape index (κ3) is 4.74. The zero-order valence-electron chi connectivity index (χ0n) is 16.2. The van der Waals surface area contributed by atoms with Gasteiger partial charge in [0.1, 0.15) is 5.69 Å². The van der Waals surface area contributed by atoms with Crippen LogP contribution in [0.25, 0.3) is 0 Å². The summed E-state index contributed by atoms with van der Waals surface area (Å²) in [7, 11) is 1.72. The highest BCUT2D eigenvalue weighted by atomic mass is 16.2. The predicted molar refractivity (Wildman–Crippen MR) is 103 cm³/mol. The van der Waals surface area contributed by atoms with Crippen LogP contribution in [0.1, 0.15) is 27.3 Å². The number of hydrogen-bond acceptors (Lipinski definition) is 4. The van der Waals surface area contributed by atoms with Crippen LogP contribution < -0.4 is 5.32 Å². The maximum atomic E-state index is 12.4. The zero-order chi connectivity index (χ0) is 19.4. The molecule has 0 bridgehead atoms. The van der Waals surface area contributed by atoms with Gasteiger partial charge in [-0.2, -0.15) is 5.10 Å². The highest BCUT2D eigenvalue weighted by Crippen LogP contribution is 2.12. The molecule has 2 heterocycles. The molecule has 1 aromatic heterocycles. The fraction of sp³-hybridized carbons (Fsp3) is 0.450. The van der Waals surface area contributed by atoms with Crippen molar-refractivity contribution in [1.82, 2.24) is 24.9 Å². The average molecular weight is 369 g/mol. The van der Waals surface area contributed by atoms with Crippen LogP contribution in [0.5, 0.6) is 0 Å². The monoisotopic (exact) mass is 369 g/mol. The van der Waals surface area contributed by atoms with Gasteiger partial charge in [-0.3, -0.25) is 19.2 Å². The number of hydrogen-bond donors (Lipinski definition) is 1. The second-order valence-corrected chi connectivity index (χ2v) is 7.06. The molecular formula is C20H27N5O2. The first-order valence-corrected chi connectivity index (χ1v) is 9.27. The minimum absolute atomic E-state index is 0.0147. The maximum Gasteiger partial charge on any atom is 0.269 e. The Bertz CT molecular complexity index is 822. The van der Waals surface area contributed by atoms with E-state index in [1.165, 1.54) is 15.8 Å². The molecule has 0 saturated carbocycles. The van der Waals surface area contributed by atoms with E-state index in [4.69, 9.17) is 0 Å². The lowest BCUT2D eigenvalue weighted by Gasteiger charge is -2.35. The largest absolute Gasteiger partial charge is 0.342 e. The van der Waals surface area contributed by atoms with E-state index in [1.54, 1.807) is 13.1 Å². The normalized spacial score (nSPS) is 15.0. The van der Waals surface area contributed by atoms with Crippen molar-refractivity contribution in [1.29, 1.82) is 0 Å². The Balaban J connectivity index is 1.45. The van der Waals surface area contributed by atoms with Crippen molar-refractivity contribution in [3.05, 3.63) is 52.8 Å². The molecule has 0 atom stereocenters. The van der Waals surface area contributed by atoms with E-state index in [1.807, 2.05) is 11.8 Å². The SMILES string of the molecule is Cc1cc(C(=O)NCC(=O)N2CCN(Cc3ccccc3C)CC2)n(C)n1. The minimum Gasteiger partial charge on any atom is -0.342 e. The minimum atomic E-state index is -0.273. The van der Waals surface area contributed by atoms with Crippen molar-refractivity contribution in [2.45, 2.75) is 20.4 Å². The Labute approximate surface area is 159 Å². The first-order chi connectivity index (χ1) is 12.9. The van der Waals surface area contributed by atoms with Crippen molar-refractivity contribution in [3.63, 3.8) is 0 Å². The molecule has 0 aliphatic carbocycles. The molecule has 0 unspecified atom stereocenters. The highest BCUT2D eigenvalue weighted by molar-refractivity contribution is 5.95. The first kappa shape index (κ1) is 19.1. The van der Waals surface area contributed by atoms with Gasteiger partial charge in [0.25, 0.3) is 5.91 Å². The Morgan fingerprint density at radius 2 is 1.81 bits per heavy atom. The number of amides is 2. The summed E-state index contributed by atoms with van der Waals surface area (Å²) in [5, 5.41) is 6.86. The van der Waals surface area contributed by atoms with Crippen molar-refractivity contribution >= 4 is 11.8 Å². The molecule has 27 heavy (non-hydrogen) atoms. The molecule has 7 nitrogen and oxygen atoms in total. The first-order valence-electron chi connectivity index (χ1n) is 9.27. The second-order valence-electron chi connectivity index (χ2n) is 7.06. The van der Waals surface area contributed by atoms with E-state index in [0.717, 1.165) is 25.3 Å². The molecule has 2 amide bonds. The summed E-state index contributed by atoms with van der Waals surface area (Å²) >= 11 is 0. The number of nitrogens with zero attached hydrogens (tertiary/aromatic N) is 4. The van der Waals surface area contributed by atoms with Gasteiger partial charge in [0.05, 0.1) is 12.2 Å². The average Bonchev–Trinajstić information content (AvgIpc) is 3.00. The quantitative estimate of drug-likeness (QED) is 0.857. The molecule has 1 N–H and O–H groups in total. The lowest BCUT2D eigenvalue weighted by Crippen LogP contribution is -2.51. The van der Waals surface area contributed by atoms with E-state index >= 15 is 0 Å². The van der Waals surface area contributed by atoms with E-state index in [0.29, 0.717) is 18.8 Å². The molecule has 1 saturated heterocycles. The smallest absolute Gasteiger partial charge is 0.269 e. The molecule has 1 aromatic carbocycles. The maximum absolute atomic E-state index is 12.4. The summed E-state index contributed by atoms with van der Waals surface area (Å²) in [5.41, 5.74) is 3.86. The third-order valence-electron chi connectivity index (χ3n) is 5.01. The zero-order valence-corrected chi connectivity index (χ0v) is 16.2. The number of nitrogens with one attached hydrogen (secondary N) is 1. The van der Waals surface area contributed by atoms with E-state index in [-0.39, 0.29) is 18.4 Å². The summed E-state index contributed by atoms with van der Waals surface area (Å²) in [6, 6.07) is 10.1. The van der Waals surface area contributed by atoms with Gasteiger partial charge < -0.3 is 10.2 Å². The van der Waals surface area contributed by atoms with Gasteiger partial charge in [-0.15, -0.1) is 0 Å². The summed E-state index contributed by atoms with van der Waals surface area (Å²) in [5.74, 6) is -0.317. The lowest BCUT2D eigenvalue weighted by molar-refractivity contribution is -0.131. The molecule has 3 rings (SSSR count). The topological polar surface area (TPSA) is 70.5 Å². The van der Waals surface area contributed by atoms with Crippen molar-refractivity contribution in [2.75, 3.05) is 32.7 Å². The van der Waals surface area contributed by atoms with Gasteiger partial charge in [-0.25, -0.2) is 0 Å². The van der Waals surface area contributed by atoms with Gasteiger partial charge in [-0.1, -0.05) is 24.3 Å². The number of piperazine rings is 1. The van der Waals surface area contributed by atoms with E-state index < -0.39 is 0 Å². The number of carbonyl (C=O) groups is 2. The fourth-order valence-electron chi connectivity index (χ4n) is 3.37. The Morgan fingerprint density at radius 3 is 2.44 bits per heavy atom. The van der Waals surface area contributed by atoms with Crippen LogP contribution in [0.2, 0.25) is 0 Å². The molecule has 2 aromatic rings. The van der Waals surface area contributed by atoms with Gasteiger partial charge >= 0.3 is 0 Å². The molecule has 1 fully saturated rings. The van der Waals surface area contributed by atoms with Crippen LogP contribution >= 0.6 is 0 Å². The summed E-state index contributed by atoms with van der Waals surface area (Å²) < 4.78 is 1.53. The van der Waals surface area contributed by atoms with Crippen molar-refractivity contribution in [3.8, 4) is 0 Å². The Hall–Kier alpha value is -2.67.